The molecule has 0 spiro atoms. The minimum Gasteiger partial charge on any atom is -0.481 e. The molecule has 5 nitrogen and oxygen atoms in total. The highest BCUT2D eigenvalue weighted by molar-refractivity contribution is 5.92. The van der Waals surface area contributed by atoms with E-state index in [-0.39, 0.29) is 0 Å². The Hall–Kier alpha value is -1.10. The molecular weight excluding hydrogens is 150 g/mol. The first-order valence-corrected chi connectivity index (χ1v) is 3.01. The number of carbonyl (C=O) groups is 2. The molecule has 66 valence electrons. The monoisotopic (exact) mass is 163 g/mol. The molecule has 11 heavy (non-hydrogen) atoms. The first-order valence-electron chi connectivity index (χ1n) is 3.01. The van der Waals surface area contributed by atoms with Crippen molar-refractivity contribution in [2.24, 2.45) is 5.92 Å². The zero-order chi connectivity index (χ0) is 9.44. The Morgan fingerprint density at radius 2 is 1.36 bits per heavy atom. The number of hydrogen-bond donors (Lipinski definition) is 3. The molecular formula is C6H13NO4. The highest BCUT2D eigenvalue weighted by Gasteiger charge is 2.18. The summed E-state index contributed by atoms with van der Waals surface area (Å²) in [5.41, 5.74) is 0. The fourth-order valence-corrected chi connectivity index (χ4v) is 0.106. The Balaban J connectivity index is 0. The highest BCUT2D eigenvalue weighted by atomic mass is 16.4. The van der Waals surface area contributed by atoms with Crippen LogP contribution in [0.25, 0.3) is 0 Å². The van der Waals surface area contributed by atoms with Crippen LogP contribution in [0.15, 0.2) is 0 Å². The molecule has 0 radical (unpaired) electrons. The van der Waals surface area contributed by atoms with Gasteiger partial charge in [-0.05, 0) is 21.0 Å². The van der Waals surface area contributed by atoms with Gasteiger partial charge in [-0.1, -0.05) is 0 Å². The van der Waals surface area contributed by atoms with Gasteiger partial charge in [-0.3, -0.25) is 9.59 Å². The lowest BCUT2D eigenvalue weighted by atomic mass is 10.2. The summed E-state index contributed by atoms with van der Waals surface area (Å²) < 4.78 is 0. The lowest BCUT2D eigenvalue weighted by Gasteiger charge is -1.94. The second kappa shape index (κ2) is 7.01. The largest absolute Gasteiger partial charge is 0.481 e. The fraction of sp³-hybridized carbons (Fsp3) is 0.667. The van der Waals surface area contributed by atoms with Crippen LogP contribution < -0.4 is 5.32 Å². The number of carboxylic acids is 2. The van der Waals surface area contributed by atoms with Crippen LogP contribution in [0.5, 0.6) is 0 Å². The van der Waals surface area contributed by atoms with Crippen molar-refractivity contribution >= 4 is 11.9 Å². The van der Waals surface area contributed by atoms with E-state index in [2.05, 4.69) is 5.32 Å². The lowest BCUT2D eigenvalue weighted by molar-refractivity contribution is -0.153. The van der Waals surface area contributed by atoms with Crippen LogP contribution in [-0.4, -0.2) is 36.2 Å². The van der Waals surface area contributed by atoms with Gasteiger partial charge in [-0.2, -0.15) is 0 Å². The number of carboxylic acid groups (broad SMARTS) is 2. The first kappa shape index (κ1) is 12.6. The number of rotatable bonds is 2. The smallest absolute Gasteiger partial charge is 0.317 e. The molecule has 5 heteroatoms. The Kier molecular flexibility index (Phi) is 8.01. The Morgan fingerprint density at radius 1 is 1.18 bits per heavy atom. The third-order valence-electron chi connectivity index (χ3n) is 0.741. The van der Waals surface area contributed by atoms with E-state index in [1.54, 1.807) is 0 Å². The lowest BCUT2D eigenvalue weighted by Crippen LogP contribution is -2.19. The second-order valence-corrected chi connectivity index (χ2v) is 1.90. The Labute approximate surface area is 65.0 Å². The van der Waals surface area contributed by atoms with Crippen molar-refractivity contribution in [1.82, 2.24) is 5.32 Å². The van der Waals surface area contributed by atoms with Gasteiger partial charge in [0, 0.05) is 0 Å². The third kappa shape index (κ3) is 8.90. The molecule has 0 rings (SSSR count). The molecule has 0 aromatic heterocycles. The molecule has 0 aromatic rings. The van der Waals surface area contributed by atoms with Crippen molar-refractivity contribution in [2.75, 3.05) is 14.1 Å². The van der Waals surface area contributed by atoms with Gasteiger partial charge in [-0.25, -0.2) is 0 Å². The van der Waals surface area contributed by atoms with Crippen molar-refractivity contribution < 1.29 is 19.8 Å². The Morgan fingerprint density at radius 3 is 1.36 bits per heavy atom. The molecule has 0 aliphatic heterocycles. The molecule has 0 saturated heterocycles. The highest BCUT2D eigenvalue weighted by Crippen LogP contribution is 1.91. The maximum Gasteiger partial charge on any atom is 0.317 e. The summed E-state index contributed by atoms with van der Waals surface area (Å²) in [5.74, 6) is -3.91. The van der Waals surface area contributed by atoms with Gasteiger partial charge < -0.3 is 15.5 Å². The maximum absolute atomic E-state index is 9.76. The molecule has 0 aromatic carbocycles. The van der Waals surface area contributed by atoms with Gasteiger partial charge >= 0.3 is 11.9 Å². The van der Waals surface area contributed by atoms with E-state index in [0.717, 1.165) is 6.92 Å². The second-order valence-electron chi connectivity index (χ2n) is 1.90. The summed E-state index contributed by atoms with van der Waals surface area (Å²) in [6, 6.07) is 0. The molecule has 3 N–H and O–H groups in total. The SMILES string of the molecule is CC(C(=O)O)C(=O)O.CNC. The minimum absolute atomic E-state index is 1.12. The van der Waals surface area contributed by atoms with Gasteiger partial charge in [0.15, 0.2) is 5.92 Å². The van der Waals surface area contributed by atoms with Gasteiger partial charge in [0.25, 0.3) is 0 Å². The molecule has 0 atom stereocenters. The standard InChI is InChI=1S/C4H6O4.C2H7N/c1-2(3(5)6)4(7)8;1-3-2/h2H,1H3,(H,5,6)(H,7,8);3H,1-2H3. The molecule has 0 aliphatic rings. The van der Waals surface area contributed by atoms with Crippen molar-refractivity contribution in [3.8, 4) is 0 Å². The number of nitrogens with one attached hydrogen (secondary N) is 1. The van der Waals surface area contributed by atoms with E-state index in [1.165, 1.54) is 0 Å². The summed E-state index contributed by atoms with van der Waals surface area (Å²) in [6.45, 7) is 1.12. The molecule has 0 aliphatic carbocycles. The van der Waals surface area contributed by atoms with Crippen molar-refractivity contribution in [1.29, 1.82) is 0 Å². The summed E-state index contributed by atoms with van der Waals surface area (Å²) in [6.07, 6.45) is 0. The van der Waals surface area contributed by atoms with Crippen LogP contribution in [0.2, 0.25) is 0 Å². The topological polar surface area (TPSA) is 86.6 Å². The van der Waals surface area contributed by atoms with Crippen LogP contribution in [0.1, 0.15) is 6.92 Å². The van der Waals surface area contributed by atoms with E-state index >= 15 is 0 Å². The van der Waals surface area contributed by atoms with Crippen molar-refractivity contribution in [3.63, 3.8) is 0 Å². The van der Waals surface area contributed by atoms with Gasteiger partial charge in [-0.15, -0.1) is 0 Å². The molecule has 0 fully saturated rings. The summed E-state index contributed by atoms with van der Waals surface area (Å²) in [4.78, 5) is 19.5. The molecule has 0 saturated carbocycles. The third-order valence-corrected chi connectivity index (χ3v) is 0.741. The molecule has 0 heterocycles. The summed E-state index contributed by atoms with van der Waals surface area (Å²) in [5, 5.41) is 18.7. The van der Waals surface area contributed by atoms with Crippen LogP contribution in [-0.2, 0) is 9.59 Å². The van der Waals surface area contributed by atoms with Gasteiger partial charge in [0.2, 0.25) is 0 Å². The van der Waals surface area contributed by atoms with E-state index in [4.69, 9.17) is 10.2 Å². The predicted molar refractivity (Wildman–Crippen MR) is 39.4 cm³/mol. The maximum atomic E-state index is 9.76. The van der Waals surface area contributed by atoms with Crippen LogP contribution in [0, 0.1) is 5.92 Å². The van der Waals surface area contributed by atoms with E-state index in [1.807, 2.05) is 14.1 Å². The van der Waals surface area contributed by atoms with Gasteiger partial charge in [0.05, 0.1) is 0 Å². The Bertz CT molecular complexity index is 121. The normalized spacial score (nSPS) is 8.36. The summed E-state index contributed by atoms with van der Waals surface area (Å²) in [7, 11) is 3.75. The average molecular weight is 163 g/mol. The van der Waals surface area contributed by atoms with Crippen LogP contribution in [0.3, 0.4) is 0 Å². The van der Waals surface area contributed by atoms with Gasteiger partial charge in [0.1, 0.15) is 0 Å². The van der Waals surface area contributed by atoms with Crippen LogP contribution in [0.4, 0.5) is 0 Å². The molecule has 0 amide bonds. The van der Waals surface area contributed by atoms with E-state index < -0.39 is 17.9 Å². The van der Waals surface area contributed by atoms with Crippen molar-refractivity contribution in [2.45, 2.75) is 6.92 Å². The first-order chi connectivity index (χ1) is 4.97. The minimum atomic E-state index is -1.31. The molecule has 0 bridgehead atoms. The average Bonchev–Trinajstić information content (AvgIpc) is 1.87. The number of aliphatic carboxylic acids is 2. The van der Waals surface area contributed by atoms with E-state index in [0.29, 0.717) is 0 Å². The van der Waals surface area contributed by atoms with E-state index in [9.17, 15) is 9.59 Å². The zero-order valence-corrected chi connectivity index (χ0v) is 6.79. The molecule has 0 unspecified atom stereocenters. The van der Waals surface area contributed by atoms with Crippen molar-refractivity contribution in [3.05, 3.63) is 0 Å². The number of hydrogen-bond acceptors (Lipinski definition) is 3. The van der Waals surface area contributed by atoms with Crippen LogP contribution >= 0.6 is 0 Å². The quantitative estimate of drug-likeness (QED) is 0.483. The zero-order valence-electron chi connectivity index (χ0n) is 6.79. The predicted octanol–water partition coefficient (Wildman–Crippen LogP) is -0.373. The summed E-state index contributed by atoms with van der Waals surface area (Å²) >= 11 is 0. The fourth-order valence-electron chi connectivity index (χ4n) is 0.106.